The molecule has 0 amide bonds. The van der Waals surface area contributed by atoms with Crippen molar-refractivity contribution in [1.29, 1.82) is 0 Å². The Morgan fingerprint density at radius 3 is 3.09 bits per heavy atom. The monoisotopic (exact) mass is 347 g/mol. The van der Waals surface area contributed by atoms with Gasteiger partial charge in [-0.25, -0.2) is 9.67 Å². The minimum Gasteiger partial charge on any atom is -0.384 e. The van der Waals surface area contributed by atoms with E-state index < -0.39 is 0 Å². The molecule has 0 atom stereocenters. The van der Waals surface area contributed by atoms with Crippen LogP contribution in [0, 0.1) is 0 Å². The lowest BCUT2D eigenvalue weighted by atomic mass is 10.2. The average molecular weight is 347 g/mol. The van der Waals surface area contributed by atoms with Crippen LogP contribution in [0.4, 0.5) is 0 Å². The van der Waals surface area contributed by atoms with Gasteiger partial charge in [-0.1, -0.05) is 18.2 Å². The van der Waals surface area contributed by atoms with Gasteiger partial charge in [-0.15, -0.1) is 11.3 Å². The van der Waals surface area contributed by atoms with Crippen LogP contribution in [0.5, 0.6) is 0 Å². The summed E-state index contributed by atoms with van der Waals surface area (Å²) in [6.45, 7) is 1.16. The zero-order valence-corrected chi connectivity index (χ0v) is 14.4. The van der Waals surface area contributed by atoms with Crippen LogP contribution >= 0.6 is 23.1 Å². The fourth-order valence-electron chi connectivity index (χ4n) is 2.18. The summed E-state index contributed by atoms with van der Waals surface area (Å²) in [6, 6.07) is 7.50. The topological polar surface area (TPSA) is 57.0 Å². The zero-order chi connectivity index (χ0) is 16.1. The molecule has 0 radical (unpaired) electrons. The second kappa shape index (κ2) is 7.72. The van der Waals surface area contributed by atoms with Gasteiger partial charge >= 0.3 is 0 Å². The van der Waals surface area contributed by atoms with Crippen LogP contribution in [0.15, 0.2) is 40.6 Å². The molecule has 23 heavy (non-hydrogen) atoms. The van der Waals surface area contributed by atoms with Gasteiger partial charge in [-0.2, -0.15) is 16.9 Å². The summed E-state index contributed by atoms with van der Waals surface area (Å²) in [7, 11) is 1.70. The molecule has 0 bridgehead atoms. The van der Waals surface area contributed by atoms with Crippen LogP contribution in [-0.4, -0.2) is 34.2 Å². The summed E-state index contributed by atoms with van der Waals surface area (Å²) in [5, 5.41) is 8.74. The summed E-state index contributed by atoms with van der Waals surface area (Å²) in [4.78, 5) is 17.0. The molecular weight excluding hydrogens is 330 g/mol. The first kappa shape index (κ1) is 16.2. The smallest absolute Gasteiger partial charge is 0.275 e. The maximum absolute atomic E-state index is 12.4. The highest BCUT2D eigenvalue weighted by Gasteiger charge is 2.07. The lowest BCUT2D eigenvalue weighted by molar-refractivity contribution is 0.218. The number of aromatic nitrogens is 3. The molecule has 0 aliphatic heterocycles. The van der Waals surface area contributed by atoms with Gasteiger partial charge in [0, 0.05) is 29.4 Å². The van der Waals surface area contributed by atoms with Gasteiger partial charge in [0.15, 0.2) is 0 Å². The lowest BCUT2D eigenvalue weighted by Gasteiger charge is -2.03. The second-order valence-electron chi connectivity index (χ2n) is 4.97. The van der Waals surface area contributed by atoms with Crippen molar-refractivity contribution in [1.82, 2.24) is 14.8 Å². The quantitative estimate of drug-likeness (QED) is 0.615. The van der Waals surface area contributed by atoms with E-state index >= 15 is 0 Å². The van der Waals surface area contributed by atoms with Gasteiger partial charge in [0.1, 0.15) is 5.01 Å². The van der Waals surface area contributed by atoms with E-state index in [1.807, 2.05) is 29.6 Å². The largest absolute Gasteiger partial charge is 0.384 e. The molecule has 0 saturated carbocycles. The van der Waals surface area contributed by atoms with E-state index in [4.69, 9.17) is 4.74 Å². The van der Waals surface area contributed by atoms with E-state index in [-0.39, 0.29) is 5.56 Å². The minimum absolute atomic E-state index is 0.0747. The van der Waals surface area contributed by atoms with E-state index in [9.17, 15) is 4.79 Å². The fourth-order valence-corrected chi connectivity index (χ4v) is 3.84. The Kier molecular flexibility index (Phi) is 5.43. The van der Waals surface area contributed by atoms with Gasteiger partial charge < -0.3 is 4.74 Å². The third kappa shape index (κ3) is 3.99. The van der Waals surface area contributed by atoms with Crippen LogP contribution in [0.25, 0.3) is 10.8 Å². The molecule has 3 rings (SSSR count). The molecule has 120 valence electrons. The molecular formula is C16H17N3O2S2. The Labute approximate surface area is 142 Å². The number of benzene rings is 1. The molecule has 1 aromatic carbocycles. The number of ether oxygens (including phenoxy) is 1. The Hall–Kier alpha value is -1.70. The third-order valence-electron chi connectivity index (χ3n) is 3.33. The minimum atomic E-state index is -0.0747. The lowest BCUT2D eigenvalue weighted by Crippen LogP contribution is -2.23. The number of thiazole rings is 1. The van der Waals surface area contributed by atoms with Gasteiger partial charge in [-0.05, 0) is 6.07 Å². The van der Waals surface area contributed by atoms with Gasteiger partial charge in [0.25, 0.3) is 5.56 Å². The molecule has 2 aromatic heterocycles. The van der Waals surface area contributed by atoms with Crippen LogP contribution in [0.1, 0.15) is 10.7 Å². The van der Waals surface area contributed by atoms with E-state index in [0.717, 1.165) is 34.2 Å². The average Bonchev–Trinajstić information content (AvgIpc) is 3.02. The molecule has 0 aliphatic rings. The van der Waals surface area contributed by atoms with Gasteiger partial charge in [0.05, 0.1) is 30.4 Å². The fraction of sp³-hybridized carbons (Fsp3) is 0.312. The second-order valence-corrected chi connectivity index (χ2v) is 7.02. The van der Waals surface area contributed by atoms with Crippen molar-refractivity contribution < 1.29 is 4.74 Å². The molecule has 0 saturated heterocycles. The first-order chi connectivity index (χ1) is 11.3. The maximum Gasteiger partial charge on any atom is 0.275 e. The summed E-state index contributed by atoms with van der Waals surface area (Å²) in [5.74, 6) is 1.81. The molecule has 0 aliphatic carbocycles. The number of thioether (sulfide) groups is 1. The first-order valence-corrected chi connectivity index (χ1v) is 9.26. The molecule has 0 fully saturated rings. The molecule has 3 aromatic rings. The Morgan fingerprint density at radius 1 is 1.35 bits per heavy atom. The third-order valence-corrected chi connectivity index (χ3v) is 5.17. The number of rotatable bonds is 7. The number of fused-ring (bicyclic) bond motifs is 1. The summed E-state index contributed by atoms with van der Waals surface area (Å²) in [6.07, 6.45) is 1.73. The van der Waals surface area contributed by atoms with Gasteiger partial charge in [-0.3, -0.25) is 4.79 Å². The van der Waals surface area contributed by atoms with Crippen LogP contribution in [0.3, 0.4) is 0 Å². The highest BCUT2D eigenvalue weighted by Crippen LogP contribution is 2.16. The Balaban J connectivity index is 1.71. The number of nitrogens with zero attached hydrogens (tertiary/aromatic N) is 3. The molecule has 0 N–H and O–H groups in total. The van der Waals surface area contributed by atoms with Crippen molar-refractivity contribution >= 4 is 33.9 Å². The Bertz CT molecular complexity index is 844. The predicted molar refractivity (Wildman–Crippen MR) is 95.3 cm³/mol. The molecule has 2 heterocycles. The van der Waals surface area contributed by atoms with E-state index in [1.54, 1.807) is 36.4 Å². The van der Waals surface area contributed by atoms with Crippen molar-refractivity contribution in [2.75, 3.05) is 19.5 Å². The number of methoxy groups -OCH3 is 1. The molecule has 0 unspecified atom stereocenters. The van der Waals surface area contributed by atoms with Crippen LogP contribution in [0.2, 0.25) is 0 Å². The number of hydrogen-bond acceptors (Lipinski definition) is 6. The van der Waals surface area contributed by atoms with Crippen LogP contribution in [-0.2, 0) is 17.0 Å². The predicted octanol–water partition coefficient (Wildman–Crippen LogP) is 2.78. The Morgan fingerprint density at radius 2 is 2.22 bits per heavy atom. The van der Waals surface area contributed by atoms with Gasteiger partial charge in [0.2, 0.25) is 0 Å². The van der Waals surface area contributed by atoms with Crippen LogP contribution < -0.4 is 5.56 Å². The van der Waals surface area contributed by atoms with Crippen molar-refractivity contribution in [2.45, 2.75) is 12.3 Å². The SMILES string of the molecule is COCCSCc1csc(Cn2ncc3ccccc3c2=O)n1. The van der Waals surface area contributed by atoms with Crippen molar-refractivity contribution in [3.05, 3.63) is 56.9 Å². The molecule has 5 nitrogen and oxygen atoms in total. The van der Waals surface area contributed by atoms with Crippen molar-refractivity contribution in [2.24, 2.45) is 0 Å². The van der Waals surface area contributed by atoms with E-state index in [0.29, 0.717) is 11.9 Å². The van der Waals surface area contributed by atoms with Crippen molar-refractivity contribution in [3.63, 3.8) is 0 Å². The van der Waals surface area contributed by atoms with Crippen molar-refractivity contribution in [3.8, 4) is 0 Å². The summed E-state index contributed by atoms with van der Waals surface area (Å²) < 4.78 is 6.50. The standard InChI is InChI=1S/C16H17N3O2S2/c1-21-6-7-22-10-13-11-23-15(18-13)9-19-16(20)14-5-3-2-4-12(14)8-17-19/h2-5,8,11H,6-7,9-10H2,1H3. The number of hydrogen-bond donors (Lipinski definition) is 0. The highest BCUT2D eigenvalue weighted by atomic mass is 32.2. The molecule has 0 spiro atoms. The zero-order valence-electron chi connectivity index (χ0n) is 12.8. The molecule has 7 heteroatoms. The first-order valence-electron chi connectivity index (χ1n) is 7.23. The highest BCUT2D eigenvalue weighted by molar-refractivity contribution is 7.98. The summed E-state index contributed by atoms with van der Waals surface area (Å²) >= 11 is 3.36. The normalized spacial score (nSPS) is 11.2. The van der Waals surface area contributed by atoms with E-state index in [1.165, 1.54) is 4.68 Å². The maximum atomic E-state index is 12.4. The summed E-state index contributed by atoms with van der Waals surface area (Å²) in [5.41, 5.74) is 0.967. The van der Waals surface area contributed by atoms with E-state index in [2.05, 4.69) is 10.1 Å².